The third-order valence-corrected chi connectivity index (χ3v) is 5.62. The van der Waals surface area contributed by atoms with Gasteiger partial charge < -0.3 is 0 Å². The summed E-state index contributed by atoms with van der Waals surface area (Å²) in [6.45, 7) is 1.95. The van der Waals surface area contributed by atoms with Crippen molar-refractivity contribution in [1.29, 1.82) is 0 Å². The molecule has 6 heteroatoms. The average Bonchev–Trinajstić information content (AvgIpc) is 2.35. The predicted octanol–water partition coefficient (Wildman–Crippen LogP) is 5.10. The molecule has 0 atom stereocenters. The summed E-state index contributed by atoms with van der Waals surface area (Å²) in [6, 6.07) is 8.18. The molecular formula is C12H9BrClIN2S. The lowest BCUT2D eigenvalue weighted by Gasteiger charge is -2.05. The minimum atomic E-state index is 0.537. The van der Waals surface area contributed by atoms with E-state index in [9.17, 15) is 0 Å². The molecule has 2 nitrogen and oxygen atoms in total. The van der Waals surface area contributed by atoms with Crippen LogP contribution >= 0.6 is 61.9 Å². The number of hydrogen-bond acceptors (Lipinski definition) is 3. The minimum absolute atomic E-state index is 0.537. The largest absolute Gasteiger partial charge is 0.236 e. The highest BCUT2D eigenvalue weighted by Crippen LogP contribution is 2.25. The Bertz CT molecular complexity index is 539. The fourth-order valence-corrected chi connectivity index (χ4v) is 2.82. The van der Waals surface area contributed by atoms with Gasteiger partial charge in [-0.05, 0) is 53.8 Å². The minimum Gasteiger partial charge on any atom is -0.236 e. The van der Waals surface area contributed by atoms with Gasteiger partial charge in [-0.1, -0.05) is 27.5 Å². The molecule has 0 aliphatic carbocycles. The third kappa shape index (κ3) is 3.82. The molecule has 94 valence electrons. The summed E-state index contributed by atoms with van der Waals surface area (Å²) in [4.78, 5) is 9.90. The normalized spacial score (nSPS) is 10.7. The molecule has 18 heavy (non-hydrogen) atoms. The summed E-state index contributed by atoms with van der Waals surface area (Å²) in [7, 11) is 0. The molecule has 2 aromatic rings. The van der Waals surface area contributed by atoms with Crippen LogP contribution in [-0.4, -0.2) is 9.97 Å². The van der Waals surface area contributed by atoms with Crippen LogP contribution in [0.2, 0.25) is 5.15 Å². The number of hydrogen-bond donors (Lipinski definition) is 0. The monoisotopic (exact) mass is 454 g/mol. The highest BCUT2D eigenvalue weighted by Gasteiger charge is 2.07. The molecule has 0 radical (unpaired) electrons. The van der Waals surface area contributed by atoms with Gasteiger partial charge in [-0.2, -0.15) is 0 Å². The van der Waals surface area contributed by atoms with E-state index in [1.54, 1.807) is 11.8 Å². The smallest absolute Gasteiger partial charge is 0.146 e. The molecule has 0 saturated carbocycles. The van der Waals surface area contributed by atoms with Crippen LogP contribution in [-0.2, 0) is 5.75 Å². The molecule has 0 aliphatic rings. The molecule has 2 rings (SSSR count). The first-order valence-electron chi connectivity index (χ1n) is 5.13. The Morgan fingerprint density at radius 2 is 1.94 bits per heavy atom. The van der Waals surface area contributed by atoms with Crippen molar-refractivity contribution in [3.8, 4) is 0 Å². The fourth-order valence-electron chi connectivity index (χ4n) is 1.32. The van der Waals surface area contributed by atoms with Crippen LogP contribution in [0.15, 0.2) is 33.6 Å². The van der Waals surface area contributed by atoms with Crippen LogP contribution in [0.3, 0.4) is 0 Å². The Balaban J connectivity index is 2.08. The second-order valence-electron chi connectivity index (χ2n) is 3.57. The lowest BCUT2D eigenvalue weighted by molar-refractivity contribution is 0.983. The summed E-state index contributed by atoms with van der Waals surface area (Å²) in [6.07, 6.45) is 0. The maximum atomic E-state index is 6.05. The number of aryl methyl sites for hydroxylation is 1. The van der Waals surface area contributed by atoms with Gasteiger partial charge in [-0.3, -0.25) is 0 Å². The van der Waals surface area contributed by atoms with Gasteiger partial charge in [-0.25, -0.2) is 9.97 Å². The van der Waals surface area contributed by atoms with Crippen molar-refractivity contribution in [2.75, 3.05) is 0 Å². The highest BCUT2D eigenvalue weighted by atomic mass is 127. The lowest BCUT2D eigenvalue weighted by Crippen LogP contribution is -1.99. The van der Waals surface area contributed by atoms with E-state index in [-0.39, 0.29) is 0 Å². The second-order valence-corrected chi connectivity index (χ2v) is 6.97. The zero-order valence-electron chi connectivity index (χ0n) is 9.45. The lowest BCUT2D eigenvalue weighted by atomic mass is 10.4. The molecule has 1 heterocycles. The summed E-state index contributed by atoms with van der Waals surface area (Å²) >= 11 is 13.3. The Morgan fingerprint density at radius 1 is 1.28 bits per heavy atom. The molecule has 0 spiro atoms. The van der Waals surface area contributed by atoms with E-state index >= 15 is 0 Å². The average molecular weight is 456 g/mol. The van der Waals surface area contributed by atoms with Crippen molar-refractivity contribution < 1.29 is 0 Å². The molecule has 0 N–H and O–H groups in total. The second kappa shape index (κ2) is 6.54. The first-order chi connectivity index (χ1) is 8.56. The maximum absolute atomic E-state index is 6.05. The highest BCUT2D eigenvalue weighted by molar-refractivity contribution is 14.1. The van der Waals surface area contributed by atoms with Gasteiger partial charge in [0.05, 0.1) is 15.0 Å². The van der Waals surface area contributed by atoms with Gasteiger partial charge in [0.2, 0.25) is 0 Å². The van der Waals surface area contributed by atoms with Gasteiger partial charge in [0.1, 0.15) is 11.0 Å². The first kappa shape index (κ1) is 14.6. The predicted molar refractivity (Wildman–Crippen MR) is 88.2 cm³/mol. The van der Waals surface area contributed by atoms with Crippen molar-refractivity contribution in [3.05, 3.63) is 49.0 Å². The third-order valence-electron chi connectivity index (χ3n) is 2.20. The van der Waals surface area contributed by atoms with Gasteiger partial charge >= 0.3 is 0 Å². The Hall–Kier alpha value is 0.150. The Labute approximate surface area is 137 Å². The van der Waals surface area contributed by atoms with Gasteiger partial charge in [0.25, 0.3) is 0 Å². The molecule has 0 aliphatic heterocycles. The van der Waals surface area contributed by atoms with Crippen LogP contribution < -0.4 is 0 Å². The first-order valence-corrected chi connectivity index (χ1v) is 8.36. The van der Waals surface area contributed by atoms with E-state index < -0.39 is 0 Å². The SMILES string of the molecule is Cc1nc(CSc2ccc(Br)cc2)nc(Cl)c1I. The van der Waals surface area contributed by atoms with E-state index in [4.69, 9.17) is 11.6 Å². The molecule has 0 bridgehead atoms. The standard InChI is InChI=1S/C12H9BrClIN2S/c1-7-11(15)12(14)17-10(16-7)6-18-9-4-2-8(13)3-5-9/h2-5H,6H2,1H3. The number of benzene rings is 1. The van der Waals surface area contributed by atoms with Gasteiger partial charge in [-0.15, -0.1) is 11.8 Å². The summed E-state index contributed by atoms with van der Waals surface area (Å²) in [5.41, 5.74) is 0.932. The molecule has 1 aromatic carbocycles. The van der Waals surface area contributed by atoms with Gasteiger partial charge in [0, 0.05) is 9.37 Å². The Morgan fingerprint density at radius 3 is 2.56 bits per heavy atom. The van der Waals surface area contributed by atoms with Crippen LogP contribution in [0.5, 0.6) is 0 Å². The van der Waals surface area contributed by atoms with E-state index in [2.05, 4.69) is 60.6 Å². The van der Waals surface area contributed by atoms with E-state index in [1.807, 2.05) is 19.1 Å². The number of halogens is 3. The summed E-state index contributed by atoms with van der Waals surface area (Å²) in [5.74, 6) is 1.49. The van der Waals surface area contributed by atoms with Crippen LogP contribution in [0, 0.1) is 10.5 Å². The number of rotatable bonds is 3. The van der Waals surface area contributed by atoms with E-state index in [0.29, 0.717) is 5.15 Å². The molecule has 0 amide bonds. The summed E-state index contributed by atoms with van der Waals surface area (Å²) in [5, 5.41) is 0.537. The zero-order valence-corrected chi connectivity index (χ0v) is 14.8. The zero-order chi connectivity index (χ0) is 13.1. The topological polar surface area (TPSA) is 25.8 Å². The van der Waals surface area contributed by atoms with Crippen LogP contribution in [0.25, 0.3) is 0 Å². The van der Waals surface area contributed by atoms with Crippen LogP contribution in [0.1, 0.15) is 11.5 Å². The molecular weight excluding hydrogens is 446 g/mol. The fraction of sp³-hybridized carbons (Fsp3) is 0.167. The van der Waals surface area contributed by atoms with Gasteiger partial charge in [0.15, 0.2) is 0 Å². The van der Waals surface area contributed by atoms with Crippen molar-refractivity contribution in [2.45, 2.75) is 17.6 Å². The number of thioether (sulfide) groups is 1. The van der Waals surface area contributed by atoms with Crippen molar-refractivity contribution in [1.82, 2.24) is 9.97 Å². The van der Waals surface area contributed by atoms with Crippen molar-refractivity contribution in [3.63, 3.8) is 0 Å². The van der Waals surface area contributed by atoms with E-state index in [1.165, 1.54) is 4.90 Å². The molecule has 0 unspecified atom stereocenters. The maximum Gasteiger partial charge on any atom is 0.146 e. The van der Waals surface area contributed by atoms with E-state index in [0.717, 1.165) is 25.3 Å². The van der Waals surface area contributed by atoms with Crippen molar-refractivity contribution in [2.24, 2.45) is 0 Å². The molecule has 1 aromatic heterocycles. The van der Waals surface area contributed by atoms with Crippen molar-refractivity contribution >= 4 is 61.9 Å². The summed E-state index contributed by atoms with van der Waals surface area (Å²) < 4.78 is 2.00. The number of aromatic nitrogens is 2. The quantitative estimate of drug-likeness (QED) is 0.366. The Kier molecular flexibility index (Phi) is 5.29. The molecule has 0 saturated heterocycles. The molecule has 0 fully saturated rings. The van der Waals surface area contributed by atoms with Crippen LogP contribution in [0.4, 0.5) is 0 Å². The number of nitrogens with zero attached hydrogens (tertiary/aromatic N) is 2.